The van der Waals surface area contributed by atoms with Crippen LogP contribution in [0.1, 0.15) is 26.7 Å². The van der Waals surface area contributed by atoms with E-state index in [2.05, 4.69) is 0 Å². The Labute approximate surface area is 109 Å². The van der Waals surface area contributed by atoms with Gasteiger partial charge in [0.2, 0.25) is 0 Å². The van der Waals surface area contributed by atoms with E-state index in [1.54, 1.807) is 19.1 Å². The van der Waals surface area contributed by atoms with E-state index >= 15 is 0 Å². The molecule has 96 valence electrons. The molecule has 0 spiro atoms. The molecule has 0 radical (unpaired) electrons. The third-order valence-corrected chi connectivity index (χ3v) is 4.44. The molecule has 5 heteroatoms. The van der Waals surface area contributed by atoms with Crippen molar-refractivity contribution in [1.29, 1.82) is 0 Å². The second-order valence-electron chi connectivity index (χ2n) is 4.52. The summed E-state index contributed by atoms with van der Waals surface area (Å²) in [6, 6.07) is 7.21. The van der Waals surface area contributed by atoms with Gasteiger partial charge in [-0.1, -0.05) is 37.0 Å². The number of rotatable bonds is 4. The van der Waals surface area contributed by atoms with Crippen LogP contribution in [-0.4, -0.2) is 15.0 Å². The van der Waals surface area contributed by atoms with E-state index in [-0.39, 0.29) is 5.56 Å². The molecule has 1 atom stereocenters. The van der Waals surface area contributed by atoms with Gasteiger partial charge >= 0.3 is 5.97 Å². The van der Waals surface area contributed by atoms with E-state index < -0.39 is 11.5 Å². The zero-order chi connectivity index (χ0) is 13.3. The number of aliphatic carboxylic acids is 1. The minimum atomic E-state index is -1.16. The van der Waals surface area contributed by atoms with E-state index in [9.17, 15) is 14.7 Å². The average Bonchev–Trinajstić information content (AvgIpc) is 2.68. The van der Waals surface area contributed by atoms with Crippen LogP contribution in [0.3, 0.4) is 0 Å². The van der Waals surface area contributed by atoms with Gasteiger partial charge in [-0.25, -0.2) is 8.75 Å². The van der Waals surface area contributed by atoms with E-state index in [4.69, 9.17) is 0 Å². The van der Waals surface area contributed by atoms with Crippen molar-refractivity contribution >= 4 is 27.6 Å². The summed E-state index contributed by atoms with van der Waals surface area (Å²) in [5.74, 6) is -0.960. The maximum absolute atomic E-state index is 12.3. The molecule has 4 nitrogen and oxygen atoms in total. The Hall–Kier alpha value is -1.62. The smallest absolute Gasteiger partial charge is 0.330 e. The molecule has 2 aromatic rings. The Bertz CT molecular complexity index is 643. The summed E-state index contributed by atoms with van der Waals surface area (Å²) < 4.78 is 2.22. The van der Waals surface area contributed by atoms with Crippen molar-refractivity contribution in [3.63, 3.8) is 0 Å². The van der Waals surface area contributed by atoms with Crippen molar-refractivity contribution in [3.8, 4) is 0 Å². The lowest BCUT2D eigenvalue weighted by molar-refractivity contribution is -0.146. The Morgan fingerprint density at radius 3 is 2.67 bits per heavy atom. The molecule has 2 rings (SSSR count). The van der Waals surface area contributed by atoms with Gasteiger partial charge in [-0.3, -0.25) is 4.79 Å². The van der Waals surface area contributed by atoms with Crippen LogP contribution in [0.15, 0.2) is 29.1 Å². The number of nitrogens with zero attached hydrogens (tertiary/aromatic N) is 1. The summed E-state index contributed by atoms with van der Waals surface area (Å²) in [5.41, 5.74) is -1.37. The van der Waals surface area contributed by atoms with Crippen molar-refractivity contribution in [1.82, 2.24) is 3.96 Å². The third-order valence-electron chi connectivity index (χ3n) is 3.14. The molecule has 0 aliphatic rings. The highest BCUT2D eigenvalue weighted by Crippen LogP contribution is 2.27. The lowest BCUT2D eigenvalue weighted by atomic mass is 9.97. The molecule has 1 unspecified atom stereocenters. The highest BCUT2D eigenvalue weighted by atomic mass is 32.1. The van der Waals surface area contributed by atoms with Crippen LogP contribution in [0.5, 0.6) is 0 Å². The quantitative estimate of drug-likeness (QED) is 0.924. The predicted octanol–water partition coefficient (Wildman–Crippen LogP) is 2.66. The normalized spacial score (nSPS) is 14.6. The molecule has 0 saturated carbocycles. The van der Waals surface area contributed by atoms with Crippen LogP contribution in [-0.2, 0) is 10.3 Å². The number of carboxylic acid groups (broad SMARTS) is 1. The first-order valence-corrected chi connectivity index (χ1v) is 6.63. The molecular formula is C13H15NO3S. The van der Waals surface area contributed by atoms with Crippen molar-refractivity contribution in [2.75, 3.05) is 0 Å². The zero-order valence-electron chi connectivity index (χ0n) is 10.3. The fourth-order valence-electron chi connectivity index (χ4n) is 2.08. The van der Waals surface area contributed by atoms with Crippen molar-refractivity contribution in [2.45, 2.75) is 32.2 Å². The second kappa shape index (κ2) is 4.57. The summed E-state index contributed by atoms with van der Waals surface area (Å²) >= 11 is 1.22. The molecule has 1 aromatic carbocycles. The zero-order valence-corrected chi connectivity index (χ0v) is 11.2. The summed E-state index contributed by atoms with van der Waals surface area (Å²) in [6.45, 7) is 3.52. The largest absolute Gasteiger partial charge is 0.479 e. The number of hydrogen-bond acceptors (Lipinski definition) is 3. The summed E-state index contributed by atoms with van der Waals surface area (Å²) in [5, 5.41) is 10.0. The van der Waals surface area contributed by atoms with Gasteiger partial charge in [-0.15, -0.1) is 0 Å². The average molecular weight is 265 g/mol. The fourth-order valence-corrected chi connectivity index (χ4v) is 3.22. The minimum Gasteiger partial charge on any atom is -0.479 e. The van der Waals surface area contributed by atoms with Crippen molar-refractivity contribution in [2.24, 2.45) is 0 Å². The highest BCUT2D eigenvalue weighted by Gasteiger charge is 2.36. The van der Waals surface area contributed by atoms with E-state index in [1.165, 1.54) is 15.5 Å². The van der Waals surface area contributed by atoms with Crippen LogP contribution in [0.4, 0.5) is 0 Å². The molecule has 1 aromatic heterocycles. The van der Waals surface area contributed by atoms with Crippen LogP contribution in [0, 0.1) is 0 Å². The van der Waals surface area contributed by atoms with Crippen LogP contribution in [0.2, 0.25) is 0 Å². The van der Waals surface area contributed by atoms with Crippen LogP contribution in [0.25, 0.3) is 10.1 Å². The molecule has 0 bridgehead atoms. The van der Waals surface area contributed by atoms with Gasteiger partial charge in [0.05, 0.1) is 10.1 Å². The summed E-state index contributed by atoms with van der Waals surface area (Å²) in [7, 11) is 0. The Morgan fingerprint density at radius 1 is 1.44 bits per heavy atom. The van der Waals surface area contributed by atoms with Gasteiger partial charge in [-0.2, -0.15) is 0 Å². The number of aromatic nitrogens is 1. The van der Waals surface area contributed by atoms with Crippen molar-refractivity contribution < 1.29 is 9.90 Å². The molecule has 0 aliphatic carbocycles. The summed E-state index contributed by atoms with van der Waals surface area (Å²) in [4.78, 5) is 23.8. The molecule has 0 fully saturated rings. The topological polar surface area (TPSA) is 59.3 Å². The number of benzene rings is 1. The summed E-state index contributed by atoms with van der Waals surface area (Å²) in [6.07, 6.45) is 1.15. The molecule has 0 aliphatic heterocycles. The molecule has 0 amide bonds. The maximum Gasteiger partial charge on any atom is 0.330 e. The van der Waals surface area contributed by atoms with Gasteiger partial charge < -0.3 is 5.11 Å². The van der Waals surface area contributed by atoms with Gasteiger partial charge in [0.15, 0.2) is 5.54 Å². The van der Waals surface area contributed by atoms with E-state index in [0.717, 1.165) is 4.70 Å². The first kappa shape index (κ1) is 12.8. The Kier molecular flexibility index (Phi) is 3.26. The third kappa shape index (κ3) is 1.84. The Balaban J connectivity index is 2.69. The number of carboxylic acids is 1. The molecular weight excluding hydrogens is 250 g/mol. The van der Waals surface area contributed by atoms with Gasteiger partial charge in [-0.05, 0) is 25.5 Å². The van der Waals surface area contributed by atoms with Gasteiger partial charge in [0.1, 0.15) is 0 Å². The van der Waals surface area contributed by atoms with Crippen molar-refractivity contribution in [3.05, 3.63) is 34.6 Å². The minimum absolute atomic E-state index is 0.214. The Morgan fingerprint density at radius 2 is 2.11 bits per heavy atom. The lowest BCUT2D eigenvalue weighted by Crippen LogP contribution is -2.42. The number of carbonyl (C=O) groups is 1. The number of fused-ring (bicyclic) bond motifs is 1. The first-order valence-electron chi connectivity index (χ1n) is 5.85. The van der Waals surface area contributed by atoms with E-state index in [0.29, 0.717) is 18.2 Å². The number of hydrogen-bond donors (Lipinski definition) is 1. The first-order chi connectivity index (χ1) is 8.50. The van der Waals surface area contributed by atoms with Crippen LogP contribution >= 0.6 is 11.5 Å². The standard InChI is InChI=1S/C13H15NO3S/c1-3-8-13(2,12(16)17)14-11(15)9-6-4-5-7-10(9)18-14/h4-7H,3,8H2,1-2H3,(H,16,17). The molecule has 18 heavy (non-hydrogen) atoms. The predicted molar refractivity (Wildman–Crippen MR) is 72.3 cm³/mol. The van der Waals surface area contributed by atoms with Gasteiger partial charge in [0.25, 0.3) is 5.56 Å². The maximum atomic E-state index is 12.3. The van der Waals surface area contributed by atoms with Crippen LogP contribution < -0.4 is 5.56 Å². The second-order valence-corrected chi connectivity index (χ2v) is 5.50. The van der Waals surface area contributed by atoms with E-state index in [1.807, 2.05) is 19.1 Å². The molecule has 0 saturated heterocycles. The SMILES string of the molecule is CCCC(C)(C(=O)O)n1sc2ccccc2c1=O. The monoisotopic (exact) mass is 265 g/mol. The fraction of sp³-hybridized carbons (Fsp3) is 0.385. The van der Waals surface area contributed by atoms with Gasteiger partial charge in [0, 0.05) is 0 Å². The molecule has 1 heterocycles. The highest BCUT2D eigenvalue weighted by molar-refractivity contribution is 7.14. The molecule has 1 N–H and O–H groups in total. The lowest BCUT2D eigenvalue weighted by Gasteiger charge is -2.24.